The second-order valence-corrected chi connectivity index (χ2v) is 4.28. The van der Waals surface area contributed by atoms with Crippen LogP contribution in [0, 0.1) is 0 Å². The first-order valence-electron chi connectivity index (χ1n) is 5.76. The molecular weight excluding hydrogens is 314 g/mol. The van der Waals surface area contributed by atoms with Gasteiger partial charge in [0, 0.05) is 0 Å². The molecule has 0 unspecified atom stereocenters. The Labute approximate surface area is 120 Å². The first-order chi connectivity index (χ1) is 9.08. The number of carbonyl (C=O) groups excluding carboxylic acids is 1. The van der Waals surface area contributed by atoms with E-state index in [1.165, 1.54) is 6.21 Å². The van der Waals surface area contributed by atoms with Crippen LogP contribution in [0.1, 0.15) is 19.4 Å². The van der Waals surface area contributed by atoms with Gasteiger partial charge in [0.1, 0.15) is 0 Å². The number of carbonyl (C=O) groups is 1. The molecule has 104 valence electrons. The number of ether oxygens (including phenoxy) is 2. The summed E-state index contributed by atoms with van der Waals surface area (Å²) in [6.07, 6.45) is 1.47. The number of primary amides is 1. The lowest BCUT2D eigenvalue weighted by Gasteiger charge is -2.13. The second kappa shape index (κ2) is 7.63. The number of hydrogen-bond acceptors (Lipinski definition) is 4. The number of hydrogen-bond donors (Lipinski definition) is 2. The maximum Gasteiger partial charge on any atom is 0.332 e. The molecule has 6 nitrogen and oxygen atoms in total. The lowest BCUT2D eigenvalue weighted by atomic mass is 10.2. The summed E-state index contributed by atoms with van der Waals surface area (Å²) >= 11 is 3.41. The topological polar surface area (TPSA) is 85.9 Å². The number of nitrogens with zero attached hydrogens (tertiary/aromatic N) is 1. The summed E-state index contributed by atoms with van der Waals surface area (Å²) in [6.45, 7) is 4.84. The van der Waals surface area contributed by atoms with Gasteiger partial charge in [0.25, 0.3) is 0 Å². The van der Waals surface area contributed by atoms with E-state index < -0.39 is 6.03 Å². The van der Waals surface area contributed by atoms with E-state index >= 15 is 0 Å². The number of hydrazone groups is 1. The lowest BCUT2D eigenvalue weighted by molar-refractivity contribution is 0.249. The van der Waals surface area contributed by atoms with Gasteiger partial charge in [-0.15, -0.1) is 0 Å². The minimum atomic E-state index is -0.716. The molecule has 7 heteroatoms. The lowest BCUT2D eigenvalue weighted by Crippen LogP contribution is -2.24. The number of halogens is 1. The Kier molecular flexibility index (Phi) is 6.14. The van der Waals surface area contributed by atoms with Crippen LogP contribution < -0.4 is 20.6 Å². The molecule has 3 N–H and O–H groups in total. The number of nitrogens with one attached hydrogen (secondary N) is 1. The standard InChI is InChI=1S/C12H16BrN3O3/c1-3-18-10-6-8(7-15-16-12(14)17)5-9(13)11(10)19-4-2/h5-7H,3-4H2,1-2H3,(H3,14,16,17)/b15-7-. The number of urea groups is 1. The van der Waals surface area contributed by atoms with Crippen LogP contribution in [0.25, 0.3) is 0 Å². The predicted octanol–water partition coefficient (Wildman–Crippen LogP) is 2.25. The highest BCUT2D eigenvalue weighted by molar-refractivity contribution is 9.10. The van der Waals surface area contributed by atoms with E-state index in [0.29, 0.717) is 24.7 Å². The average molecular weight is 330 g/mol. The van der Waals surface area contributed by atoms with E-state index in [1.54, 1.807) is 12.1 Å². The SMILES string of the molecule is CCOc1cc(/C=N\NC(N)=O)cc(Br)c1OCC. The van der Waals surface area contributed by atoms with Crippen LogP contribution in [0.5, 0.6) is 11.5 Å². The van der Waals surface area contributed by atoms with E-state index in [4.69, 9.17) is 15.2 Å². The van der Waals surface area contributed by atoms with Crippen LogP contribution in [0.3, 0.4) is 0 Å². The van der Waals surface area contributed by atoms with E-state index in [-0.39, 0.29) is 0 Å². The summed E-state index contributed by atoms with van der Waals surface area (Å²) in [7, 11) is 0. The van der Waals surface area contributed by atoms with Gasteiger partial charge in [0.05, 0.1) is 23.9 Å². The van der Waals surface area contributed by atoms with Gasteiger partial charge >= 0.3 is 6.03 Å². The van der Waals surface area contributed by atoms with Crippen molar-refractivity contribution in [3.05, 3.63) is 22.2 Å². The zero-order valence-corrected chi connectivity index (χ0v) is 12.4. The van der Waals surface area contributed by atoms with Gasteiger partial charge in [-0.05, 0) is 47.5 Å². The highest BCUT2D eigenvalue weighted by Crippen LogP contribution is 2.36. The Balaban J connectivity index is 3.01. The molecule has 1 rings (SSSR count). The third-order valence-corrected chi connectivity index (χ3v) is 2.60. The largest absolute Gasteiger partial charge is 0.490 e. The van der Waals surface area contributed by atoms with Crippen molar-refractivity contribution in [3.8, 4) is 11.5 Å². The third-order valence-electron chi connectivity index (χ3n) is 2.01. The molecule has 0 bridgehead atoms. The maximum absolute atomic E-state index is 10.5. The molecule has 0 aliphatic carbocycles. The minimum Gasteiger partial charge on any atom is -0.490 e. The van der Waals surface area contributed by atoms with Crippen molar-refractivity contribution in [2.24, 2.45) is 10.8 Å². The summed E-state index contributed by atoms with van der Waals surface area (Å²) in [5.74, 6) is 1.25. The highest BCUT2D eigenvalue weighted by atomic mass is 79.9. The number of nitrogens with two attached hydrogens (primary N) is 1. The van der Waals surface area contributed by atoms with Crippen molar-refractivity contribution in [2.45, 2.75) is 13.8 Å². The molecule has 0 saturated heterocycles. The number of amides is 2. The summed E-state index contributed by atoms with van der Waals surface area (Å²) in [6, 6.07) is 2.86. The molecule has 0 saturated carbocycles. The molecule has 0 heterocycles. The van der Waals surface area contributed by atoms with Gasteiger partial charge < -0.3 is 15.2 Å². The van der Waals surface area contributed by atoms with E-state index in [1.807, 2.05) is 13.8 Å². The van der Waals surface area contributed by atoms with Crippen LogP contribution in [0.4, 0.5) is 4.79 Å². The molecule has 19 heavy (non-hydrogen) atoms. The van der Waals surface area contributed by atoms with Crippen LogP contribution in [0.15, 0.2) is 21.7 Å². The smallest absolute Gasteiger partial charge is 0.332 e. The second-order valence-electron chi connectivity index (χ2n) is 3.43. The molecule has 1 aromatic carbocycles. The summed E-state index contributed by atoms with van der Waals surface area (Å²) in [5, 5.41) is 3.69. The molecule has 0 aliphatic heterocycles. The average Bonchev–Trinajstić information content (AvgIpc) is 2.33. The first-order valence-corrected chi connectivity index (χ1v) is 6.55. The molecule has 0 aromatic heterocycles. The zero-order chi connectivity index (χ0) is 14.3. The van der Waals surface area contributed by atoms with E-state index in [9.17, 15) is 4.79 Å². The Bertz CT molecular complexity index is 478. The van der Waals surface area contributed by atoms with Crippen LogP contribution in [0.2, 0.25) is 0 Å². The van der Waals surface area contributed by atoms with Gasteiger partial charge in [-0.25, -0.2) is 10.2 Å². The molecule has 2 amide bonds. The number of benzene rings is 1. The molecular formula is C12H16BrN3O3. The van der Waals surface area contributed by atoms with Crippen molar-refractivity contribution in [2.75, 3.05) is 13.2 Å². The fourth-order valence-electron chi connectivity index (χ4n) is 1.38. The molecule has 1 aromatic rings. The van der Waals surface area contributed by atoms with Gasteiger partial charge in [-0.3, -0.25) is 0 Å². The Morgan fingerprint density at radius 2 is 2.11 bits per heavy atom. The maximum atomic E-state index is 10.5. The van der Waals surface area contributed by atoms with Crippen molar-refractivity contribution >= 4 is 28.2 Å². The zero-order valence-electron chi connectivity index (χ0n) is 10.8. The van der Waals surface area contributed by atoms with E-state index in [2.05, 4.69) is 26.5 Å². The monoisotopic (exact) mass is 329 g/mol. The summed E-state index contributed by atoms with van der Waals surface area (Å²) in [5.41, 5.74) is 7.78. The van der Waals surface area contributed by atoms with Gasteiger partial charge in [-0.2, -0.15) is 5.10 Å². The van der Waals surface area contributed by atoms with Crippen molar-refractivity contribution in [1.29, 1.82) is 0 Å². The van der Waals surface area contributed by atoms with Crippen molar-refractivity contribution < 1.29 is 14.3 Å². The van der Waals surface area contributed by atoms with Gasteiger partial charge in [0.2, 0.25) is 0 Å². The summed E-state index contributed by atoms with van der Waals surface area (Å²) in [4.78, 5) is 10.5. The molecule has 0 radical (unpaired) electrons. The highest BCUT2D eigenvalue weighted by Gasteiger charge is 2.11. The van der Waals surface area contributed by atoms with E-state index in [0.717, 1.165) is 10.0 Å². The fourth-order valence-corrected chi connectivity index (χ4v) is 1.95. The van der Waals surface area contributed by atoms with Gasteiger partial charge in [-0.1, -0.05) is 0 Å². The Morgan fingerprint density at radius 1 is 1.42 bits per heavy atom. The normalized spacial score (nSPS) is 10.5. The van der Waals surface area contributed by atoms with Crippen LogP contribution in [-0.2, 0) is 0 Å². The molecule has 0 fully saturated rings. The fraction of sp³-hybridized carbons (Fsp3) is 0.333. The number of rotatable bonds is 6. The van der Waals surface area contributed by atoms with Crippen molar-refractivity contribution in [3.63, 3.8) is 0 Å². The van der Waals surface area contributed by atoms with Crippen molar-refractivity contribution in [1.82, 2.24) is 5.43 Å². The molecule has 0 atom stereocenters. The quantitative estimate of drug-likeness (QED) is 0.620. The summed E-state index contributed by atoms with van der Waals surface area (Å²) < 4.78 is 11.8. The first kappa shape index (κ1) is 15.3. The minimum absolute atomic E-state index is 0.520. The van der Waals surface area contributed by atoms with Crippen LogP contribution >= 0.6 is 15.9 Å². The Hall–Kier alpha value is -1.76. The third kappa shape index (κ3) is 4.78. The Morgan fingerprint density at radius 3 is 2.68 bits per heavy atom. The predicted molar refractivity (Wildman–Crippen MR) is 76.8 cm³/mol. The molecule has 0 aliphatic rings. The van der Waals surface area contributed by atoms with Crippen LogP contribution in [-0.4, -0.2) is 25.5 Å². The van der Waals surface area contributed by atoms with Gasteiger partial charge in [0.15, 0.2) is 11.5 Å². The molecule has 0 spiro atoms.